The predicted octanol–water partition coefficient (Wildman–Crippen LogP) is 7.32. The number of ketones is 2. The van der Waals surface area contributed by atoms with Gasteiger partial charge in [-0.05, 0) is 38.0 Å². The first-order chi connectivity index (χ1) is 16.4. The zero-order valence-corrected chi connectivity index (χ0v) is 22.9. The fourth-order valence-electron chi connectivity index (χ4n) is 5.16. The first kappa shape index (κ1) is 29.5. The minimum atomic E-state index is -1.31. The third-order valence-electron chi connectivity index (χ3n) is 7.85. The Labute approximate surface area is 213 Å². The SMILES string of the molecule is CC1=C(CC(O)C(C)(O)CCCC(C)CCCC(C)CCCC(C)C)C(=O)c2ccccc2C1=O. The molecule has 0 spiro atoms. The summed E-state index contributed by atoms with van der Waals surface area (Å²) in [7, 11) is 0. The van der Waals surface area contributed by atoms with E-state index >= 15 is 0 Å². The lowest BCUT2D eigenvalue weighted by molar-refractivity contribution is -0.0676. The van der Waals surface area contributed by atoms with Crippen LogP contribution in [-0.2, 0) is 0 Å². The average molecular weight is 485 g/mol. The Bertz CT molecular complexity index is 880. The Morgan fingerprint density at radius 3 is 1.83 bits per heavy atom. The first-order valence-electron chi connectivity index (χ1n) is 13.7. The van der Waals surface area contributed by atoms with Crippen LogP contribution in [0.3, 0.4) is 0 Å². The van der Waals surface area contributed by atoms with Gasteiger partial charge in [0.15, 0.2) is 11.6 Å². The molecule has 4 atom stereocenters. The topological polar surface area (TPSA) is 74.6 Å². The van der Waals surface area contributed by atoms with Crippen molar-refractivity contribution in [1.82, 2.24) is 0 Å². The van der Waals surface area contributed by atoms with E-state index in [1.165, 1.54) is 38.5 Å². The molecule has 4 heteroatoms. The van der Waals surface area contributed by atoms with Crippen LogP contribution in [0.25, 0.3) is 0 Å². The lowest BCUT2D eigenvalue weighted by atomic mass is 9.79. The van der Waals surface area contributed by atoms with Gasteiger partial charge in [0.1, 0.15) is 0 Å². The number of aliphatic hydroxyl groups excluding tert-OH is 1. The van der Waals surface area contributed by atoms with Gasteiger partial charge in [-0.15, -0.1) is 0 Å². The Kier molecular flexibility index (Phi) is 11.4. The number of aliphatic hydroxyl groups is 2. The van der Waals surface area contributed by atoms with Crippen molar-refractivity contribution in [3.63, 3.8) is 0 Å². The van der Waals surface area contributed by atoms with Gasteiger partial charge in [0.25, 0.3) is 0 Å². The molecular formula is C31H48O4. The number of allylic oxidation sites excluding steroid dienone is 1. The molecule has 35 heavy (non-hydrogen) atoms. The summed E-state index contributed by atoms with van der Waals surface area (Å²) in [5.41, 5.74) is 0.179. The second-order valence-electron chi connectivity index (χ2n) is 11.7. The molecule has 0 radical (unpaired) electrons. The molecule has 1 aromatic rings. The Morgan fingerprint density at radius 2 is 1.29 bits per heavy atom. The molecule has 0 aromatic heterocycles. The molecule has 0 heterocycles. The first-order valence-corrected chi connectivity index (χ1v) is 13.7. The second kappa shape index (κ2) is 13.5. The van der Waals surface area contributed by atoms with Gasteiger partial charge in [0.2, 0.25) is 0 Å². The van der Waals surface area contributed by atoms with Crippen molar-refractivity contribution in [2.75, 3.05) is 0 Å². The van der Waals surface area contributed by atoms with Gasteiger partial charge < -0.3 is 10.2 Å². The van der Waals surface area contributed by atoms with E-state index in [2.05, 4.69) is 27.7 Å². The quantitative estimate of drug-likeness (QED) is 0.273. The van der Waals surface area contributed by atoms with Gasteiger partial charge in [-0.3, -0.25) is 9.59 Å². The van der Waals surface area contributed by atoms with Crippen molar-refractivity contribution >= 4 is 11.6 Å². The highest BCUT2D eigenvalue weighted by Crippen LogP contribution is 2.32. The Balaban J connectivity index is 1.78. The van der Waals surface area contributed by atoms with Gasteiger partial charge in [-0.1, -0.05) is 103 Å². The molecular weight excluding hydrogens is 436 g/mol. The molecule has 0 aliphatic heterocycles. The number of Topliss-reactive ketones (excluding diaryl/α,β-unsaturated/α-hetero) is 2. The third-order valence-corrected chi connectivity index (χ3v) is 7.85. The standard InChI is InChI=1S/C31H48O4/c1-21(2)12-9-13-22(3)14-10-15-23(4)16-11-19-31(6,35)28(32)20-27-24(5)29(33)25-17-7-8-18-26(25)30(27)34/h7-8,17-18,21-23,28,32,35H,9-16,19-20H2,1-6H3. The number of carbonyl (C=O) groups is 2. The van der Waals surface area contributed by atoms with Crippen molar-refractivity contribution < 1.29 is 19.8 Å². The van der Waals surface area contributed by atoms with Crippen LogP contribution in [0, 0.1) is 17.8 Å². The molecule has 0 fully saturated rings. The molecule has 1 aliphatic carbocycles. The number of hydrogen-bond donors (Lipinski definition) is 2. The molecule has 4 unspecified atom stereocenters. The van der Waals surface area contributed by atoms with Crippen LogP contribution in [0.15, 0.2) is 35.4 Å². The highest BCUT2D eigenvalue weighted by Gasteiger charge is 2.36. The second-order valence-corrected chi connectivity index (χ2v) is 11.7. The van der Waals surface area contributed by atoms with Gasteiger partial charge >= 0.3 is 0 Å². The average Bonchev–Trinajstić information content (AvgIpc) is 2.79. The third kappa shape index (κ3) is 8.68. The summed E-state index contributed by atoms with van der Waals surface area (Å²) in [5, 5.41) is 21.8. The maximum atomic E-state index is 13.0. The molecule has 2 rings (SSSR count). The molecule has 0 bridgehead atoms. The fourth-order valence-corrected chi connectivity index (χ4v) is 5.16. The van der Waals surface area contributed by atoms with E-state index in [-0.39, 0.29) is 18.0 Å². The zero-order valence-electron chi connectivity index (χ0n) is 22.9. The van der Waals surface area contributed by atoms with Crippen LogP contribution >= 0.6 is 0 Å². The molecule has 4 nitrogen and oxygen atoms in total. The van der Waals surface area contributed by atoms with Crippen LogP contribution < -0.4 is 0 Å². The number of hydrogen-bond acceptors (Lipinski definition) is 4. The van der Waals surface area contributed by atoms with Crippen molar-refractivity contribution in [3.05, 3.63) is 46.5 Å². The molecule has 196 valence electrons. The summed E-state index contributed by atoms with van der Waals surface area (Å²) < 4.78 is 0. The highest BCUT2D eigenvalue weighted by atomic mass is 16.3. The van der Waals surface area contributed by atoms with E-state index in [1.807, 2.05) is 0 Å². The summed E-state index contributed by atoms with van der Waals surface area (Å²) in [6.07, 6.45) is 8.88. The minimum absolute atomic E-state index is 0.0119. The van der Waals surface area contributed by atoms with E-state index in [4.69, 9.17) is 0 Å². The van der Waals surface area contributed by atoms with E-state index in [9.17, 15) is 19.8 Å². The number of rotatable bonds is 15. The molecule has 1 aromatic carbocycles. The van der Waals surface area contributed by atoms with Gasteiger partial charge in [-0.25, -0.2) is 0 Å². The number of carbonyl (C=O) groups excluding carboxylic acids is 2. The maximum absolute atomic E-state index is 13.0. The summed E-state index contributed by atoms with van der Waals surface area (Å²) >= 11 is 0. The Morgan fingerprint density at radius 1 is 0.800 bits per heavy atom. The van der Waals surface area contributed by atoms with Gasteiger partial charge in [-0.2, -0.15) is 0 Å². The van der Waals surface area contributed by atoms with Crippen molar-refractivity contribution in [2.24, 2.45) is 17.8 Å². The molecule has 2 N–H and O–H groups in total. The van der Waals surface area contributed by atoms with Gasteiger partial charge in [0.05, 0.1) is 11.7 Å². The van der Waals surface area contributed by atoms with E-state index in [0.717, 1.165) is 24.7 Å². The zero-order chi connectivity index (χ0) is 26.2. The van der Waals surface area contributed by atoms with Crippen molar-refractivity contribution in [1.29, 1.82) is 0 Å². The minimum Gasteiger partial charge on any atom is -0.390 e. The normalized spacial score (nSPS) is 18.4. The van der Waals surface area contributed by atoms with E-state index in [0.29, 0.717) is 34.6 Å². The lowest BCUT2D eigenvalue weighted by Crippen LogP contribution is -2.40. The van der Waals surface area contributed by atoms with E-state index < -0.39 is 11.7 Å². The summed E-state index contributed by atoms with van der Waals surface area (Å²) in [4.78, 5) is 25.7. The van der Waals surface area contributed by atoms with Crippen molar-refractivity contribution in [2.45, 2.75) is 117 Å². The summed E-state index contributed by atoms with van der Waals surface area (Å²) in [5.74, 6) is 1.77. The maximum Gasteiger partial charge on any atom is 0.190 e. The fraction of sp³-hybridized carbons (Fsp3) is 0.677. The van der Waals surface area contributed by atoms with Crippen molar-refractivity contribution in [3.8, 4) is 0 Å². The smallest absolute Gasteiger partial charge is 0.190 e. The number of fused-ring (bicyclic) bond motifs is 1. The largest absolute Gasteiger partial charge is 0.390 e. The Hall–Kier alpha value is -1.78. The predicted molar refractivity (Wildman–Crippen MR) is 144 cm³/mol. The monoisotopic (exact) mass is 484 g/mol. The highest BCUT2D eigenvalue weighted by molar-refractivity contribution is 6.26. The summed E-state index contributed by atoms with van der Waals surface area (Å²) in [6, 6.07) is 6.80. The van der Waals surface area contributed by atoms with Crippen LogP contribution in [-0.4, -0.2) is 33.5 Å². The molecule has 1 aliphatic rings. The number of benzene rings is 1. The lowest BCUT2D eigenvalue weighted by Gasteiger charge is -2.31. The van der Waals surface area contributed by atoms with E-state index in [1.54, 1.807) is 38.1 Å². The van der Waals surface area contributed by atoms with Crippen LogP contribution in [0.2, 0.25) is 0 Å². The summed E-state index contributed by atoms with van der Waals surface area (Å²) in [6.45, 7) is 12.5. The van der Waals surface area contributed by atoms with Gasteiger partial charge in [0, 0.05) is 28.7 Å². The van der Waals surface area contributed by atoms with Crippen LogP contribution in [0.1, 0.15) is 126 Å². The van der Waals surface area contributed by atoms with Crippen LogP contribution in [0.4, 0.5) is 0 Å². The molecule has 0 saturated carbocycles. The molecule has 0 amide bonds. The van der Waals surface area contributed by atoms with Crippen LogP contribution in [0.5, 0.6) is 0 Å². The molecule has 0 saturated heterocycles.